The van der Waals surface area contributed by atoms with Gasteiger partial charge in [0.1, 0.15) is 0 Å². The van der Waals surface area contributed by atoms with Gasteiger partial charge in [-0.15, -0.1) is 4.79 Å². The van der Waals surface area contributed by atoms with Crippen molar-refractivity contribution in [1.82, 2.24) is 0 Å². The van der Waals surface area contributed by atoms with Gasteiger partial charge in [-0.05, 0) is 71.9 Å². The van der Waals surface area contributed by atoms with Crippen LogP contribution in [0.1, 0.15) is 261 Å². The number of benzene rings is 2. The first kappa shape index (κ1) is 50.5. The highest BCUT2D eigenvalue weighted by Crippen LogP contribution is 2.31. The van der Waals surface area contributed by atoms with Crippen molar-refractivity contribution in [2.75, 3.05) is 0 Å². The molecule has 320 valence electrons. The van der Waals surface area contributed by atoms with Crippen molar-refractivity contribution in [2.45, 2.75) is 252 Å². The van der Waals surface area contributed by atoms with E-state index in [0.29, 0.717) is 0 Å². The highest BCUT2D eigenvalue weighted by Gasteiger charge is 2.13. The highest BCUT2D eigenvalue weighted by molar-refractivity contribution is 5.85. The maximum absolute atomic E-state index is 9.25. The Morgan fingerprint density at radius 2 is 0.825 bits per heavy atom. The molecule has 0 saturated carbocycles. The van der Waals surface area contributed by atoms with Gasteiger partial charge in [-0.1, -0.05) is 262 Å². The second-order valence-electron chi connectivity index (χ2n) is 17.5. The van der Waals surface area contributed by atoms with Crippen LogP contribution in [0.15, 0.2) is 60.2 Å². The standard InChI is InChI=1S/C55H90N2/c1-4-7-10-12-14-15-16-17-18-19-20-21-22-23-24-25-26-27-28-29-30-31-32-34-35-38-50-43-45-53(46-44-50)55(52(41-9-6-3)47-48-57-56)54-42-37-40-51(49-54)39-36-33-13-11-8-5-2/h37,40,42-47,49H,4-36,38-39,41H2,1-3H3. The molecule has 0 atom stereocenters. The van der Waals surface area contributed by atoms with Gasteiger partial charge in [-0.2, -0.15) is 0 Å². The molecule has 57 heavy (non-hydrogen) atoms. The molecule has 0 saturated heterocycles. The van der Waals surface area contributed by atoms with Crippen LogP contribution in [0.3, 0.4) is 0 Å². The van der Waals surface area contributed by atoms with E-state index in [2.05, 4.69) is 80.0 Å². The predicted molar refractivity (Wildman–Crippen MR) is 254 cm³/mol. The first-order chi connectivity index (χ1) is 28.2. The zero-order valence-corrected chi connectivity index (χ0v) is 38.0. The number of nitrogens with zero attached hydrogens (tertiary/aromatic N) is 2. The summed E-state index contributed by atoms with van der Waals surface area (Å²) in [5.74, 6) is 2.74. The third-order valence-corrected chi connectivity index (χ3v) is 12.3. The molecule has 2 aromatic rings. The average molecular weight is 779 g/mol. The summed E-state index contributed by atoms with van der Waals surface area (Å²) in [6.07, 6.45) is 51.2. The minimum Gasteiger partial charge on any atom is -0.348 e. The zero-order chi connectivity index (χ0) is 40.7. The highest BCUT2D eigenvalue weighted by atomic mass is 14.8. The lowest BCUT2D eigenvalue weighted by molar-refractivity contribution is 0.00800. The van der Waals surface area contributed by atoms with Crippen molar-refractivity contribution in [3.8, 4) is 0 Å². The zero-order valence-electron chi connectivity index (χ0n) is 38.0. The Hall–Kier alpha value is -2.66. The Morgan fingerprint density at radius 1 is 0.439 bits per heavy atom. The molecule has 0 aliphatic rings. The Balaban J connectivity index is 1.62. The first-order valence-electron chi connectivity index (χ1n) is 25.1. The predicted octanol–water partition coefficient (Wildman–Crippen LogP) is 18.4. The van der Waals surface area contributed by atoms with Crippen LogP contribution in [0, 0.1) is 0 Å². The molecule has 0 aliphatic carbocycles. The van der Waals surface area contributed by atoms with Crippen molar-refractivity contribution in [1.29, 1.82) is 0 Å². The summed E-state index contributed by atoms with van der Waals surface area (Å²) >= 11 is 0. The van der Waals surface area contributed by atoms with Crippen LogP contribution < -0.4 is 0 Å². The van der Waals surface area contributed by atoms with E-state index in [4.69, 9.17) is 0 Å². The van der Waals surface area contributed by atoms with E-state index >= 15 is 0 Å². The molecular formula is C55H90N2. The Kier molecular flexibility index (Phi) is 33.3. The summed E-state index contributed by atoms with van der Waals surface area (Å²) in [5, 5.41) is 0. The summed E-state index contributed by atoms with van der Waals surface area (Å²) in [6.45, 7) is 6.83. The molecule has 0 bridgehead atoms. The van der Waals surface area contributed by atoms with Crippen LogP contribution in [-0.4, -0.2) is 10.7 Å². The maximum Gasteiger partial charge on any atom is 0.299 e. The van der Waals surface area contributed by atoms with E-state index < -0.39 is 0 Å². The van der Waals surface area contributed by atoms with E-state index in [0.717, 1.165) is 32.1 Å². The molecule has 2 rings (SSSR count). The number of allylic oxidation sites excluding steroid dienone is 2. The third-order valence-electron chi connectivity index (χ3n) is 12.3. The van der Waals surface area contributed by atoms with Crippen molar-refractivity contribution in [3.63, 3.8) is 0 Å². The topological polar surface area (TPSA) is 36.4 Å². The normalized spacial score (nSPS) is 11.7. The second kappa shape index (κ2) is 37.6. The van der Waals surface area contributed by atoms with Gasteiger partial charge in [0.05, 0.1) is 6.08 Å². The van der Waals surface area contributed by atoms with Crippen LogP contribution in [0.4, 0.5) is 0 Å². The monoisotopic (exact) mass is 779 g/mol. The molecule has 0 radical (unpaired) electrons. The summed E-state index contributed by atoms with van der Waals surface area (Å²) in [7, 11) is 0. The van der Waals surface area contributed by atoms with Crippen molar-refractivity contribution < 1.29 is 4.79 Å². The van der Waals surface area contributed by atoms with Gasteiger partial charge in [-0.25, -0.2) is 0 Å². The Labute approximate surface area is 354 Å². The van der Waals surface area contributed by atoms with E-state index in [9.17, 15) is 5.53 Å². The smallest absolute Gasteiger partial charge is 0.299 e. The van der Waals surface area contributed by atoms with Crippen LogP contribution in [-0.2, 0) is 12.8 Å². The minimum absolute atomic E-state index is 0.942. The fourth-order valence-corrected chi connectivity index (χ4v) is 8.58. The summed E-state index contributed by atoms with van der Waals surface area (Å²) < 4.78 is 0. The summed E-state index contributed by atoms with van der Waals surface area (Å²) in [4.78, 5) is 3.22. The number of rotatable bonds is 39. The van der Waals surface area contributed by atoms with Crippen molar-refractivity contribution in [2.24, 2.45) is 0 Å². The lowest BCUT2D eigenvalue weighted by Crippen LogP contribution is -1.97. The molecule has 0 N–H and O–H groups in total. The molecule has 0 aromatic heterocycles. The summed E-state index contributed by atoms with van der Waals surface area (Å²) in [6, 6.07) is 18.5. The Bertz CT molecular complexity index is 1320. The molecule has 0 spiro atoms. The molecule has 0 amide bonds. The second-order valence-corrected chi connectivity index (χ2v) is 17.5. The molecular weight excluding hydrogens is 689 g/mol. The molecule has 2 aromatic carbocycles. The first-order valence-corrected chi connectivity index (χ1v) is 25.1. The van der Waals surface area contributed by atoms with Crippen LogP contribution in [0.5, 0.6) is 0 Å². The molecule has 2 nitrogen and oxygen atoms in total. The quantitative estimate of drug-likeness (QED) is 0.0213. The lowest BCUT2D eigenvalue weighted by atomic mass is 9.88. The van der Waals surface area contributed by atoms with Gasteiger partial charge < -0.3 is 5.53 Å². The fraction of sp³-hybridized carbons (Fsp3) is 0.709. The van der Waals surface area contributed by atoms with E-state index in [1.54, 1.807) is 0 Å². The molecule has 0 fully saturated rings. The van der Waals surface area contributed by atoms with Crippen molar-refractivity contribution >= 4 is 11.4 Å². The van der Waals surface area contributed by atoms with Gasteiger partial charge in [0, 0.05) is 0 Å². The molecule has 0 unspecified atom stereocenters. The van der Waals surface area contributed by atoms with Crippen LogP contribution in [0.25, 0.3) is 11.1 Å². The van der Waals surface area contributed by atoms with Crippen LogP contribution >= 0.6 is 0 Å². The number of hydrogen-bond donors (Lipinski definition) is 0. The fourth-order valence-electron chi connectivity index (χ4n) is 8.58. The van der Waals surface area contributed by atoms with E-state index in [1.807, 2.05) is 6.08 Å². The van der Waals surface area contributed by atoms with Gasteiger partial charge in [0.25, 0.3) is 5.87 Å². The number of unbranched alkanes of at least 4 members (excludes halogenated alkanes) is 30. The molecule has 2 heteroatoms. The van der Waals surface area contributed by atoms with Gasteiger partial charge >= 0.3 is 0 Å². The minimum atomic E-state index is 0.942. The summed E-state index contributed by atoms with van der Waals surface area (Å²) in [5.41, 5.74) is 17.0. The molecule has 0 heterocycles. The van der Waals surface area contributed by atoms with Crippen molar-refractivity contribution in [3.05, 3.63) is 88.0 Å². The number of hydrogen-bond acceptors (Lipinski definition) is 0. The Morgan fingerprint density at radius 3 is 1.23 bits per heavy atom. The molecule has 0 aliphatic heterocycles. The van der Waals surface area contributed by atoms with E-state index in [-0.39, 0.29) is 0 Å². The number of aryl methyl sites for hydroxylation is 2. The average Bonchev–Trinajstić information content (AvgIpc) is 3.23. The van der Waals surface area contributed by atoms with E-state index in [1.165, 1.54) is 232 Å². The van der Waals surface area contributed by atoms with Gasteiger partial charge in [-0.3, -0.25) is 0 Å². The maximum atomic E-state index is 9.25. The third kappa shape index (κ3) is 26.9. The van der Waals surface area contributed by atoms with Crippen LogP contribution in [0.2, 0.25) is 0 Å². The largest absolute Gasteiger partial charge is 0.348 e. The SMILES string of the molecule is CCCCCCCCCCCCCCCCCCCCCCCCCCCc1ccc(C(=C(C=C=[N+]=[N-])CCCC)c2cccc(CCCCCCCC)c2)cc1. The lowest BCUT2D eigenvalue weighted by Gasteiger charge is -2.15. The van der Waals surface area contributed by atoms with Gasteiger partial charge in [0.15, 0.2) is 0 Å². The van der Waals surface area contributed by atoms with Gasteiger partial charge in [0.2, 0.25) is 0 Å².